The van der Waals surface area contributed by atoms with E-state index >= 15 is 4.39 Å². The summed E-state index contributed by atoms with van der Waals surface area (Å²) in [4.78, 5) is 76.6. The molecule has 312 valence electrons. The summed E-state index contributed by atoms with van der Waals surface area (Å²) < 4.78 is 28.8. The Morgan fingerprint density at radius 3 is 2.47 bits per heavy atom. The van der Waals surface area contributed by atoms with Gasteiger partial charge in [-0.2, -0.15) is 4.98 Å². The van der Waals surface area contributed by atoms with Crippen LogP contribution in [0.25, 0.3) is 10.9 Å². The van der Waals surface area contributed by atoms with Crippen LogP contribution in [0.3, 0.4) is 0 Å². The largest absolute Gasteiger partial charge is 0.496 e. The monoisotopic (exact) mass is 832 g/mol. The van der Waals surface area contributed by atoms with Crippen molar-refractivity contribution in [3.8, 4) is 11.5 Å². The van der Waals surface area contributed by atoms with Crippen LogP contribution in [0.1, 0.15) is 36.0 Å². The highest BCUT2D eigenvalue weighted by molar-refractivity contribution is 6.33. The Morgan fingerprint density at radius 2 is 1.76 bits per heavy atom. The molecule has 3 aliphatic rings. The Hall–Kier alpha value is -6.01. The van der Waals surface area contributed by atoms with Crippen LogP contribution in [0.4, 0.5) is 27.5 Å². The zero-order valence-corrected chi connectivity index (χ0v) is 33.7. The molecule has 1 atom stereocenters. The van der Waals surface area contributed by atoms with Crippen LogP contribution < -0.4 is 46.1 Å². The van der Waals surface area contributed by atoms with Gasteiger partial charge in [-0.15, -0.1) is 0 Å². The van der Waals surface area contributed by atoms with Crippen LogP contribution in [0.15, 0.2) is 53.5 Å². The fraction of sp³-hybridized carbons (Fsp3) is 0.425. The number of carbonyl (C=O) groups is 4. The van der Waals surface area contributed by atoms with Gasteiger partial charge in [0.05, 0.1) is 24.4 Å². The van der Waals surface area contributed by atoms with E-state index < -0.39 is 23.5 Å². The maximum Gasteiger partial charge on any atom is 0.293 e. The fourth-order valence-electron chi connectivity index (χ4n) is 7.55. The van der Waals surface area contributed by atoms with Gasteiger partial charge in [0.25, 0.3) is 17.4 Å². The van der Waals surface area contributed by atoms with Crippen LogP contribution in [0.2, 0.25) is 5.02 Å². The molecule has 4 N–H and O–H groups in total. The molecule has 0 aliphatic carbocycles. The number of likely N-dealkylation sites (N-methyl/N-ethyl adjacent to an activating group) is 1. The third kappa shape index (κ3) is 9.33. The van der Waals surface area contributed by atoms with Crippen LogP contribution >= 0.6 is 11.6 Å². The molecule has 0 spiro atoms. The lowest BCUT2D eigenvalue weighted by Crippen LogP contribution is -2.54. The molecule has 3 saturated heterocycles. The first-order valence-corrected chi connectivity index (χ1v) is 19.7. The topological polar surface area (TPSA) is 192 Å². The predicted octanol–water partition coefficient (Wildman–Crippen LogP) is 2.52. The van der Waals surface area contributed by atoms with E-state index in [0.29, 0.717) is 97.8 Å². The summed E-state index contributed by atoms with van der Waals surface area (Å²) >= 11 is 6.53. The molecule has 17 nitrogen and oxygen atoms in total. The third-order valence-electron chi connectivity index (χ3n) is 11.0. The number of carbonyl (C=O) groups excluding carboxylic acids is 4. The summed E-state index contributed by atoms with van der Waals surface area (Å²) in [6.07, 6.45) is 2.58. The zero-order chi connectivity index (χ0) is 41.8. The summed E-state index contributed by atoms with van der Waals surface area (Å²) in [5.74, 6) is -0.465. The Kier molecular flexibility index (Phi) is 12.2. The molecule has 7 rings (SSSR count). The number of imide groups is 1. The van der Waals surface area contributed by atoms with Gasteiger partial charge in [-0.05, 0) is 42.8 Å². The molecule has 0 saturated carbocycles. The second kappa shape index (κ2) is 17.5. The number of methoxy groups -OCH3 is 1. The molecule has 3 fully saturated rings. The predicted molar refractivity (Wildman–Crippen MR) is 220 cm³/mol. The van der Waals surface area contributed by atoms with Crippen LogP contribution in [0.5, 0.6) is 11.5 Å². The number of halogens is 2. The number of benzene rings is 2. The number of amides is 4. The van der Waals surface area contributed by atoms with E-state index in [1.807, 2.05) is 17.0 Å². The molecule has 5 heterocycles. The minimum absolute atomic E-state index is 0.0499. The molecule has 4 amide bonds. The molecule has 4 aromatic rings. The molecular weight excluding hydrogens is 787 g/mol. The molecular formula is C40H46ClFN10O7. The van der Waals surface area contributed by atoms with Crippen molar-refractivity contribution in [2.45, 2.75) is 37.4 Å². The van der Waals surface area contributed by atoms with Crippen molar-refractivity contribution in [2.75, 3.05) is 81.7 Å². The zero-order valence-electron chi connectivity index (χ0n) is 33.0. The van der Waals surface area contributed by atoms with E-state index in [-0.39, 0.29) is 48.1 Å². The first kappa shape index (κ1) is 41.2. The van der Waals surface area contributed by atoms with Gasteiger partial charge in [-0.1, -0.05) is 11.6 Å². The summed E-state index contributed by atoms with van der Waals surface area (Å²) in [5, 5.41) is 11.7. The van der Waals surface area contributed by atoms with Crippen molar-refractivity contribution in [3.63, 3.8) is 0 Å². The molecule has 2 aromatic carbocycles. The van der Waals surface area contributed by atoms with Crippen molar-refractivity contribution in [1.29, 1.82) is 0 Å². The molecule has 0 bridgehead atoms. The number of hydrogen-bond acceptors (Lipinski definition) is 13. The number of nitrogens with zero attached hydrogens (tertiary/aromatic N) is 6. The van der Waals surface area contributed by atoms with E-state index in [1.165, 1.54) is 24.9 Å². The van der Waals surface area contributed by atoms with Gasteiger partial charge in [0, 0.05) is 102 Å². The molecule has 59 heavy (non-hydrogen) atoms. The Labute approximate surface area is 344 Å². The number of piperidine rings is 2. The summed E-state index contributed by atoms with van der Waals surface area (Å²) in [5.41, 5.74) is 0.660. The molecule has 1 unspecified atom stereocenters. The standard InChI is InChI=1S/C40H46ClFN10O7/c1-43-34(54)22-59-32-19-24-18-25(4-8-30(24)49(2)38(32)57)45-35-28(41)21-44-39(48-35)52-16-14-50(15-17-52)23-40(42)10-12-51(13-11-40)26-5-6-27(31(20-26)58-3)36(55)46-29-7-9-33(53)47-37(29)56/h4-6,8,18-21,29H,7,9-17,22-23H2,1-3H3,(H,43,54)(H,46,55)(H,44,45,48)(H,47,53,56). The van der Waals surface area contributed by atoms with Crippen molar-refractivity contribution >= 4 is 69.3 Å². The Bertz CT molecular complexity index is 2330. The van der Waals surface area contributed by atoms with Crippen LogP contribution in [-0.4, -0.2) is 121 Å². The second-order valence-electron chi connectivity index (χ2n) is 14.9. The smallest absolute Gasteiger partial charge is 0.293 e. The quantitative estimate of drug-likeness (QED) is 0.153. The van der Waals surface area contributed by atoms with Gasteiger partial charge < -0.3 is 39.8 Å². The number of pyridine rings is 1. The number of nitrogens with one attached hydrogen (secondary N) is 4. The number of fused-ring (bicyclic) bond motifs is 1. The maximum atomic E-state index is 16.3. The van der Waals surface area contributed by atoms with Gasteiger partial charge in [0.2, 0.25) is 17.8 Å². The lowest BCUT2D eigenvalue weighted by Gasteiger charge is -2.42. The first-order chi connectivity index (χ1) is 28.3. The summed E-state index contributed by atoms with van der Waals surface area (Å²) in [6.45, 7) is 3.42. The number of anilines is 4. The highest BCUT2D eigenvalue weighted by Gasteiger charge is 2.38. The number of piperazine rings is 1. The van der Waals surface area contributed by atoms with Crippen LogP contribution in [-0.2, 0) is 21.4 Å². The highest BCUT2D eigenvalue weighted by Crippen LogP contribution is 2.34. The van der Waals surface area contributed by atoms with Gasteiger partial charge >= 0.3 is 0 Å². The number of aryl methyl sites for hydroxylation is 1. The first-order valence-electron chi connectivity index (χ1n) is 19.3. The number of ether oxygens (including phenoxy) is 2. The summed E-state index contributed by atoms with van der Waals surface area (Å²) in [7, 11) is 4.58. The number of aromatic nitrogens is 3. The van der Waals surface area contributed by atoms with Crippen LogP contribution in [0, 0.1) is 0 Å². The average Bonchev–Trinajstić information content (AvgIpc) is 3.23. The van der Waals surface area contributed by atoms with Gasteiger partial charge in [0.15, 0.2) is 18.2 Å². The van der Waals surface area contributed by atoms with E-state index in [2.05, 4.69) is 36.1 Å². The third-order valence-corrected chi connectivity index (χ3v) is 11.3. The maximum absolute atomic E-state index is 16.3. The minimum atomic E-state index is -1.37. The SMILES string of the molecule is CNC(=O)COc1cc2cc(Nc3nc(N4CCN(CC5(F)CCN(c6ccc(C(=O)NC7CCC(=O)NC7=O)c(OC)c6)CC5)CC4)ncc3Cl)ccc2n(C)c1=O. The van der Waals surface area contributed by atoms with E-state index in [1.54, 1.807) is 37.4 Å². The van der Waals surface area contributed by atoms with E-state index in [4.69, 9.17) is 26.1 Å². The van der Waals surface area contributed by atoms with E-state index in [9.17, 15) is 24.0 Å². The number of alkyl halides is 1. The molecule has 19 heteroatoms. The minimum Gasteiger partial charge on any atom is -0.496 e. The summed E-state index contributed by atoms with van der Waals surface area (Å²) in [6, 6.07) is 11.4. The Morgan fingerprint density at radius 1 is 1.00 bits per heavy atom. The van der Waals surface area contributed by atoms with Gasteiger partial charge in [-0.3, -0.25) is 34.2 Å². The van der Waals surface area contributed by atoms with Gasteiger partial charge in [0.1, 0.15) is 22.5 Å². The number of rotatable bonds is 12. The highest BCUT2D eigenvalue weighted by atomic mass is 35.5. The number of hydrogen-bond donors (Lipinski definition) is 4. The average molecular weight is 833 g/mol. The van der Waals surface area contributed by atoms with E-state index in [0.717, 1.165) is 5.69 Å². The molecule has 3 aliphatic heterocycles. The van der Waals surface area contributed by atoms with Gasteiger partial charge in [-0.25, -0.2) is 9.37 Å². The fourth-order valence-corrected chi connectivity index (χ4v) is 7.68. The van der Waals surface area contributed by atoms with Crippen molar-refractivity contribution < 1.29 is 33.0 Å². The molecule has 2 aromatic heterocycles. The Balaban J connectivity index is 0.923. The lowest BCUT2D eigenvalue weighted by atomic mass is 9.92. The lowest BCUT2D eigenvalue weighted by molar-refractivity contribution is -0.134. The molecule has 0 radical (unpaired) electrons. The van der Waals surface area contributed by atoms with Crippen molar-refractivity contribution in [3.05, 3.63) is 69.6 Å². The van der Waals surface area contributed by atoms with Crippen molar-refractivity contribution in [1.82, 2.24) is 35.4 Å². The normalized spacial score (nSPS) is 18.3. The van der Waals surface area contributed by atoms with Crippen molar-refractivity contribution in [2.24, 2.45) is 7.05 Å². The second-order valence-corrected chi connectivity index (χ2v) is 15.3.